The van der Waals surface area contributed by atoms with Crippen LogP contribution in [0.15, 0.2) is 115 Å². The Bertz CT molecular complexity index is 2210. The van der Waals surface area contributed by atoms with Gasteiger partial charge in [-0.25, -0.2) is 0 Å². The lowest BCUT2D eigenvalue weighted by Crippen LogP contribution is -2.33. The lowest BCUT2D eigenvalue weighted by molar-refractivity contribution is 0.233. The molecule has 7 aromatic rings. The molecule has 0 spiro atoms. The van der Waals surface area contributed by atoms with Crippen LogP contribution in [0.5, 0.6) is 5.75 Å². The van der Waals surface area contributed by atoms with Crippen LogP contribution in [0.25, 0.3) is 49.4 Å². The molecular formula is C44H45N3O. The van der Waals surface area contributed by atoms with Crippen molar-refractivity contribution in [1.82, 2.24) is 14.4 Å². The molecule has 1 aromatic heterocycles. The maximum absolute atomic E-state index is 11.9. The van der Waals surface area contributed by atoms with Gasteiger partial charge >= 0.3 is 0 Å². The Kier molecular flexibility index (Phi) is 8.79. The van der Waals surface area contributed by atoms with Crippen LogP contribution in [-0.2, 0) is 13.0 Å². The smallest absolute Gasteiger partial charge is 0.127 e. The number of aromatic nitrogens is 1. The molecule has 7 rings (SSSR count). The van der Waals surface area contributed by atoms with Crippen molar-refractivity contribution in [2.45, 2.75) is 33.7 Å². The molecule has 6 aromatic carbocycles. The molecule has 0 aliphatic carbocycles. The Morgan fingerprint density at radius 2 is 1.27 bits per heavy atom. The van der Waals surface area contributed by atoms with Crippen LogP contribution in [0.3, 0.4) is 0 Å². The van der Waals surface area contributed by atoms with E-state index in [0.717, 1.165) is 48.3 Å². The maximum Gasteiger partial charge on any atom is 0.127 e. The molecule has 0 fully saturated rings. The molecular weight excluding hydrogens is 587 g/mol. The number of nitrogens with zero attached hydrogens (tertiary/aromatic N) is 3. The predicted octanol–water partition coefficient (Wildman–Crippen LogP) is 9.84. The SMILES string of the molecule is Cc1cc(CCN(CCN(C)C)Cc2cc(C)cc(-c3c(C)ccc4ccccc34)c2O)cc(-n2c3ccccc3c3ccccc32)c1. The van der Waals surface area contributed by atoms with Crippen molar-refractivity contribution in [3.8, 4) is 22.6 Å². The fourth-order valence-corrected chi connectivity index (χ4v) is 7.36. The number of aromatic hydroxyl groups is 1. The van der Waals surface area contributed by atoms with Gasteiger partial charge in [0.05, 0.1) is 11.0 Å². The van der Waals surface area contributed by atoms with Gasteiger partial charge < -0.3 is 14.6 Å². The van der Waals surface area contributed by atoms with Crippen molar-refractivity contribution in [3.63, 3.8) is 0 Å². The largest absolute Gasteiger partial charge is 0.507 e. The van der Waals surface area contributed by atoms with Crippen LogP contribution in [0.1, 0.15) is 27.8 Å². The molecule has 1 N–H and O–H groups in total. The number of benzene rings is 6. The second-order valence-corrected chi connectivity index (χ2v) is 13.7. The van der Waals surface area contributed by atoms with E-state index in [1.54, 1.807) is 0 Å². The van der Waals surface area contributed by atoms with Gasteiger partial charge in [-0.3, -0.25) is 4.90 Å². The summed E-state index contributed by atoms with van der Waals surface area (Å²) in [6.45, 7) is 9.91. The van der Waals surface area contributed by atoms with Gasteiger partial charge in [0.15, 0.2) is 0 Å². The van der Waals surface area contributed by atoms with E-state index in [-0.39, 0.29) is 0 Å². The first-order chi connectivity index (χ1) is 23.3. The summed E-state index contributed by atoms with van der Waals surface area (Å²) in [6.07, 6.45) is 0.918. The molecule has 0 bridgehead atoms. The standard InChI is InChI=1S/C44H45N3O/c1-30-24-33(28-36(26-30)47-41-16-10-8-14-38(41)39-15-9-11-17-42(39)47)20-21-46(23-22-45(4)5)29-35-25-31(2)27-40(44(35)48)43-32(3)18-19-34-12-6-7-13-37(34)43/h6-19,24-28,48H,20-23,29H2,1-5H3. The molecule has 0 aliphatic heterocycles. The summed E-state index contributed by atoms with van der Waals surface area (Å²) in [7, 11) is 4.25. The van der Waals surface area contributed by atoms with Crippen molar-refractivity contribution >= 4 is 32.6 Å². The van der Waals surface area contributed by atoms with Gasteiger partial charge in [0.25, 0.3) is 0 Å². The van der Waals surface area contributed by atoms with Crippen molar-refractivity contribution in [2.24, 2.45) is 0 Å². The minimum atomic E-state index is 0.388. The third-order valence-corrected chi connectivity index (χ3v) is 9.67. The summed E-state index contributed by atoms with van der Waals surface area (Å²) in [5.41, 5.74) is 11.6. The second kappa shape index (κ2) is 13.3. The molecule has 48 heavy (non-hydrogen) atoms. The van der Waals surface area contributed by atoms with Crippen molar-refractivity contribution in [2.75, 3.05) is 33.7 Å². The number of para-hydroxylation sites is 2. The van der Waals surface area contributed by atoms with Gasteiger partial charge in [0, 0.05) is 53.8 Å². The van der Waals surface area contributed by atoms with E-state index in [9.17, 15) is 5.11 Å². The Morgan fingerprint density at radius 3 is 1.98 bits per heavy atom. The zero-order chi connectivity index (χ0) is 33.4. The van der Waals surface area contributed by atoms with Gasteiger partial charge in [-0.2, -0.15) is 0 Å². The van der Waals surface area contributed by atoms with E-state index in [1.807, 2.05) is 0 Å². The fraction of sp³-hybridized carbons (Fsp3) is 0.227. The van der Waals surface area contributed by atoms with Gasteiger partial charge in [0.2, 0.25) is 0 Å². The summed E-state index contributed by atoms with van der Waals surface area (Å²) in [5.74, 6) is 0.388. The Hall–Kier alpha value is -4.90. The van der Waals surface area contributed by atoms with Crippen LogP contribution >= 0.6 is 0 Å². The number of phenols is 1. The quantitative estimate of drug-likeness (QED) is 0.163. The zero-order valence-electron chi connectivity index (χ0n) is 28.8. The number of fused-ring (bicyclic) bond motifs is 4. The van der Waals surface area contributed by atoms with Crippen LogP contribution in [0, 0.1) is 20.8 Å². The molecule has 0 atom stereocenters. The molecule has 0 unspecified atom stereocenters. The Labute approximate surface area is 284 Å². The van der Waals surface area contributed by atoms with Crippen LogP contribution in [-0.4, -0.2) is 53.2 Å². The van der Waals surface area contributed by atoms with Crippen LogP contribution < -0.4 is 0 Å². The summed E-state index contributed by atoms with van der Waals surface area (Å²) < 4.78 is 2.41. The van der Waals surface area contributed by atoms with E-state index in [0.29, 0.717) is 12.3 Å². The zero-order valence-corrected chi connectivity index (χ0v) is 28.8. The molecule has 0 saturated carbocycles. The minimum Gasteiger partial charge on any atom is -0.507 e. The third-order valence-electron chi connectivity index (χ3n) is 9.67. The van der Waals surface area contributed by atoms with Gasteiger partial charge in [0.1, 0.15) is 5.75 Å². The molecule has 0 aliphatic rings. The highest BCUT2D eigenvalue weighted by Crippen LogP contribution is 2.40. The molecule has 0 amide bonds. The summed E-state index contributed by atoms with van der Waals surface area (Å²) in [5, 5.41) is 16.8. The fourth-order valence-electron chi connectivity index (χ4n) is 7.36. The Balaban J connectivity index is 1.21. The summed E-state index contributed by atoms with van der Waals surface area (Å²) in [6, 6.07) is 41.5. The highest BCUT2D eigenvalue weighted by atomic mass is 16.3. The van der Waals surface area contributed by atoms with E-state index in [2.05, 4.69) is 164 Å². The highest BCUT2D eigenvalue weighted by molar-refractivity contribution is 6.09. The van der Waals surface area contributed by atoms with Crippen LogP contribution in [0.2, 0.25) is 0 Å². The average molecular weight is 632 g/mol. The number of hydrogen-bond donors (Lipinski definition) is 1. The topological polar surface area (TPSA) is 31.6 Å². The molecule has 242 valence electrons. The number of phenolic OH excluding ortho intramolecular Hbond substituents is 1. The lowest BCUT2D eigenvalue weighted by atomic mass is 9.91. The number of rotatable bonds is 10. The molecule has 0 saturated heterocycles. The lowest BCUT2D eigenvalue weighted by Gasteiger charge is -2.26. The van der Waals surface area contributed by atoms with Gasteiger partial charge in [-0.1, -0.05) is 84.9 Å². The number of hydrogen-bond acceptors (Lipinski definition) is 3. The van der Waals surface area contributed by atoms with Crippen molar-refractivity contribution in [3.05, 3.63) is 143 Å². The first-order valence-electron chi connectivity index (χ1n) is 17.0. The van der Waals surface area contributed by atoms with Gasteiger partial charge in [-0.05, 0) is 110 Å². The number of likely N-dealkylation sites (N-methyl/N-ethyl adjacent to an activating group) is 1. The number of aryl methyl sites for hydroxylation is 3. The first-order valence-corrected chi connectivity index (χ1v) is 17.0. The summed E-state index contributed by atoms with van der Waals surface area (Å²) in [4.78, 5) is 4.73. The summed E-state index contributed by atoms with van der Waals surface area (Å²) >= 11 is 0. The monoisotopic (exact) mass is 631 g/mol. The maximum atomic E-state index is 11.9. The molecule has 0 radical (unpaired) electrons. The van der Waals surface area contributed by atoms with Crippen molar-refractivity contribution in [1.29, 1.82) is 0 Å². The highest BCUT2D eigenvalue weighted by Gasteiger charge is 2.18. The molecule has 1 heterocycles. The normalized spacial score (nSPS) is 11.9. The minimum absolute atomic E-state index is 0.388. The molecule has 4 nitrogen and oxygen atoms in total. The third kappa shape index (κ3) is 6.22. The average Bonchev–Trinajstić information content (AvgIpc) is 3.42. The first kappa shape index (κ1) is 31.7. The predicted molar refractivity (Wildman–Crippen MR) is 204 cm³/mol. The van der Waals surface area contributed by atoms with E-state index < -0.39 is 0 Å². The second-order valence-electron chi connectivity index (χ2n) is 13.7. The molecule has 4 heteroatoms. The van der Waals surface area contributed by atoms with Crippen LogP contribution in [0.4, 0.5) is 0 Å². The van der Waals surface area contributed by atoms with E-state index in [4.69, 9.17) is 0 Å². The van der Waals surface area contributed by atoms with E-state index >= 15 is 0 Å². The Morgan fingerprint density at radius 1 is 0.625 bits per heavy atom. The van der Waals surface area contributed by atoms with E-state index in [1.165, 1.54) is 55.0 Å². The van der Waals surface area contributed by atoms with Crippen molar-refractivity contribution < 1.29 is 5.11 Å². The van der Waals surface area contributed by atoms with Gasteiger partial charge in [-0.15, -0.1) is 0 Å².